The van der Waals surface area contributed by atoms with Gasteiger partial charge >= 0.3 is 12.1 Å². The number of likely N-dealkylation sites (tertiary alicyclic amines) is 1. The van der Waals surface area contributed by atoms with Gasteiger partial charge in [-0.3, -0.25) is 9.69 Å². The van der Waals surface area contributed by atoms with Gasteiger partial charge in [0.15, 0.2) is 0 Å². The fraction of sp³-hybridized carbons (Fsp3) is 0.667. The van der Waals surface area contributed by atoms with Crippen molar-refractivity contribution >= 4 is 17.9 Å². The summed E-state index contributed by atoms with van der Waals surface area (Å²) in [5, 5.41) is 23.5. The first-order chi connectivity index (χ1) is 18.3. The van der Waals surface area contributed by atoms with E-state index in [1.807, 2.05) is 4.90 Å². The van der Waals surface area contributed by atoms with Crippen LogP contribution in [-0.2, 0) is 9.53 Å². The number of morpholine rings is 1. The lowest BCUT2D eigenvalue weighted by atomic mass is 9.78. The number of urea groups is 1. The Morgan fingerprint density at radius 1 is 1.13 bits per heavy atom. The lowest BCUT2D eigenvalue weighted by molar-refractivity contribution is -0.841. The highest BCUT2D eigenvalue weighted by molar-refractivity contribution is 5.87. The summed E-state index contributed by atoms with van der Waals surface area (Å²) in [6.45, 7) is 2.32. The maximum absolute atomic E-state index is 13.7. The first-order valence-corrected chi connectivity index (χ1v) is 13.7. The Morgan fingerprint density at radius 3 is 2.55 bits per heavy atom. The largest absolute Gasteiger partial charge is 0.621 e. The van der Waals surface area contributed by atoms with Crippen LogP contribution in [0.4, 0.5) is 9.59 Å². The van der Waals surface area contributed by atoms with Crippen LogP contribution in [0, 0.1) is 35.3 Å². The second kappa shape index (κ2) is 11.1. The zero-order valence-corrected chi connectivity index (χ0v) is 21.7. The quantitative estimate of drug-likeness (QED) is 0.337. The number of amides is 3. The molecule has 206 valence electrons. The molecule has 0 aromatic carbocycles. The van der Waals surface area contributed by atoms with Gasteiger partial charge in [-0.1, -0.05) is 0 Å². The molecule has 1 aliphatic carbocycles. The number of quaternary nitrogens is 1. The number of carboxylic acid groups (broad SMARTS) is 1. The average molecular weight is 528 g/mol. The van der Waals surface area contributed by atoms with E-state index in [-0.39, 0.29) is 43.9 Å². The standard InChI is InChI=1S/C27H37N5O6/c1-2-20-3-5-21(6-4-20)7-8-22-9-14-32(37,27(35)36)25(24(22)33)31-18-23-17-29(10-11-30(23)19-31)26(34)28-12-15-38-16-13-28/h1,10-11,17,20-22,25H,3-9,12-16,18-19H2,(H,35,36)/t20?,21?,22?,25?,32-/m0/s1. The molecule has 11 heteroatoms. The normalized spacial score (nSPS) is 34.1. The topological polar surface area (TPSA) is 117 Å². The van der Waals surface area contributed by atoms with Crippen LogP contribution in [0.3, 0.4) is 0 Å². The number of Topliss-reactive ketones (excluding diaryl/α,β-unsaturated/α-hetero) is 1. The van der Waals surface area contributed by atoms with Gasteiger partial charge in [0.2, 0.25) is 11.9 Å². The molecule has 4 heterocycles. The van der Waals surface area contributed by atoms with Gasteiger partial charge in [-0.2, -0.15) is 4.79 Å². The van der Waals surface area contributed by atoms with E-state index in [2.05, 4.69) is 5.92 Å². The number of nitrogens with zero attached hydrogens (tertiary/aromatic N) is 5. The molecule has 0 bridgehead atoms. The number of terminal acetylenes is 1. The van der Waals surface area contributed by atoms with Crippen LogP contribution in [0.1, 0.15) is 44.9 Å². The molecule has 4 fully saturated rings. The Hall–Kier alpha value is -2.91. The highest BCUT2D eigenvalue weighted by atomic mass is 16.6. The monoisotopic (exact) mass is 527 g/mol. The van der Waals surface area contributed by atoms with Crippen molar-refractivity contribution in [3.05, 3.63) is 29.5 Å². The molecule has 5 aliphatic rings. The fourth-order valence-corrected chi connectivity index (χ4v) is 6.46. The second-order valence-electron chi connectivity index (χ2n) is 11.1. The molecule has 4 aliphatic heterocycles. The van der Waals surface area contributed by atoms with Crippen LogP contribution in [-0.4, -0.2) is 99.5 Å². The Bertz CT molecular complexity index is 1040. The highest BCUT2D eigenvalue weighted by Gasteiger charge is 2.53. The van der Waals surface area contributed by atoms with Gasteiger partial charge in [-0.05, 0) is 44.4 Å². The summed E-state index contributed by atoms with van der Waals surface area (Å²) in [5.41, 5.74) is 0.742. The SMILES string of the molecule is C#CC1CCC(CCC2CC[N@@+]([O-])(C(=O)O)C(N3CC4=CN(C(=O)N5CCOCC5)C=CN4C3)C2=O)CC1. The number of piperidine rings is 1. The molecular formula is C27H37N5O6. The maximum atomic E-state index is 13.7. The molecule has 0 aromatic heterocycles. The zero-order chi connectivity index (χ0) is 26.9. The summed E-state index contributed by atoms with van der Waals surface area (Å²) in [4.78, 5) is 45.5. The number of ketones is 1. The molecule has 0 spiro atoms. The van der Waals surface area contributed by atoms with Crippen LogP contribution in [0.15, 0.2) is 24.3 Å². The molecule has 11 nitrogen and oxygen atoms in total. The molecule has 0 radical (unpaired) electrons. The maximum Gasteiger partial charge on any atom is 0.515 e. The van der Waals surface area contributed by atoms with E-state index in [0.29, 0.717) is 44.6 Å². The van der Waals surface area contributed by atoms with Crippen molar-refractivity contribution in [3.63, 3.8) is 0 Å². The van der Waals surface area contributed by atoms with E-state index in [4.69, 9.17) is 11.2 Å². The molecule has 3 saturated heterocycles. The molecule has 3 atom stereocenters. The van der Waals surface area contributed by atoms with Crippen molar-refractivity contribution in [1.82, 2.24) is 19.6 Å². The lowest BCUT2D eigenvalue weighted by Gasteiger charge is -2.49. The van der Waals surface area contributed by atoms with Gasteiger partial charge < -0.3 is 24.9 Å². The van der Waals surface area contributed by atoms with E-state index < -0.39 is 16.9 Å². The summed E-state index contributed by atoms with van der Waals surface area (Å²) in [7, 11) is 0. The van der Waals surface area contributed by atoms with Crippen molar-refractivity contribution in [2.24, 2.45) is 17.8 Å². The van der Waals surface area contributed by atoms with Crippen molar-refractivity contribution in [2.75, 3.05) is 46.1 Å². The molecule has 38 heavy (non-hydrogen) atoms. The van der Waals surface area contributed by atoms with Gasteiger partial charge in [0, 0.05) is 56.5 Å². The number of carbonyl (C=O) groups is 3. The lowest BCUT2D eigenvalue weighted by Crippen LogP contribution is -2.68. The van der Waals surface area contributed by atoms with Crippen molar-refractivity contribution in [3.8, 4) is 12.3 Å². The number of carbonyl (C=O) groups excluding carboxylic acids is 2. The third-order valence-electron chi connectivity index (χ3n) is 8.80. The van der Waals surface area contributed by atoms with E-state index >= 15 is 0 Å². The van der Waals surface area contributed by atoms with Crippen molar-refractivity contribution in [2.45, 2.75) is 51.1 Å². The van der Waals surface area contributed by atoms with Gasteiger partial charge in [0.1, 0.15) is 0 Å². The number of rotatable bonds is 4. The molecule has 1 N–H and O–H groups in total. The molecule has 5 rings (SSSR count). The van der Waals surface area contributed by atoms with Crippen LogP contribution in [0.5, 0.6) is 0 Å². The Balaban J connectivity index is 1.26. The van der Waals surface area contributed by atoms with E-state index in [1.165, 1.54) is 4.90 Å². The number of hydrogen-bond donors (Lipinski definition) is 1. The van der Waals surface area contributed by atoms with Gasteiger partial charge in [0.05, 0.1) is 32.1 Å². The van der Waals surface area contributed by atoms with Crippen molar-refractivity contribution < 1.29 is 28.9 Å². The third kappa shape index (κ3) is 5.18. The number of ether oxygens (including phenoxy) is 1. The van der Waals surface area contributed by atoms with E-state index in [0.717, 1.165) is 37.8 Å². The van der Waals surface area contributed by atoms with E-state index in [1.54, 1.807) is 28.4 Å². The predicted molar refractivity (Wildman–Crippen MR) is 137 cm³/mol. The van der Waals surface area contributed by atoms with Crippen LogP contribution >= 0.6 is 0 Å². The van der Waals surface area contributed by atoms with Crippen molar-refractivity contribution in [1.29, 1.82) is 0 Å². The Labute approximate surface area is 223 Å². The molecule has 0 aromatic rings. The Kier molecular flexibility index (Phi) is 7.77. The van der Waals surface area contributed by atoms with Crippen LogP contribution in [0.25, 0.3) is 0 Å². The summed E-state index contributed by atoms with van der Waals surface area (Å²) in [5.74, 6) is 3.10. The van der Waals surface area contributed by atoms with Crippen LogP contribution < -0.4 is 0 Å². The third-order valence-corrected chi connectivity index (χ3v) is 8.80. The predicted octanol–water partition coefficient (Wildman–Crippen LogP) is 2.77. The fourth-order valence-electron chi connectivity index (χ4n) is 6.46. The average Bonchev–Trinajstić information content (AvgIpc) is 3.35. The number of hydrogen-bond acceptors (Lipinski definition) is 7. The first-order valence-electron chi connectivity index (χ1n) is 13.7. The molecule has 2 unspecified atom stereocenters. The smallest absolute Gasteiger partial charge is 0.515 e. The van der Waals surface area contributed by atoms with Crippen LogP contribution in [0.2, 0.25) is 0 Å². The zero-order valence-electron chi connectivity index (χ0n) is 21.7. The number of hydroxylamine groups is 3. The summed E-state index contributed by atoms with van der Waals surface area (Å²) in [6.07, 6.45) is 13.8. The summed E-state index contributed by atoms with van der Waals surface area (Å²) in [6, 6.07) is -0.167. The molecular weight excluding hydrogens is 490 g/mol. The second-order valence-corrected chi connectivity index (χ2v) is 11.1. The minimum Gasteiger partial charge on any atom is -0.621 e. The minimum absolute atomic E-state index is 0.132. The van der Waals surface area contributed by atoms with Gasteiger partial charge in [-0.25, -0.2) is 14.3 Å². The minimum atomic E-state index is -1.58. The van der Waals surface area contributed by atoms with Gasteiger partial charge in [-0.15, -0.1) is 12.3 Å². The molecule has 1 saturated carbocycles. The Morgan fingerprint density at radius 2 is 1.87 bits per heavy atom. The summed E-state index contributed by atoms with van der Waals surface area (Å²) < 4.78 is 3.75. The van der Waals surface area contributed by atoms with Gasteiger partial charge in [0.25, 0.3) is 0 Å². The first kappa shape index (κ1) is 26.7. The molecule has 3 amide bonds. The van der Waals surface area contributed by atoms with E-state index in [9.17, 15) is 24.7 Å². The summed E-state index contributed by atoms with van der Waals surface area (Å²) >= 11 is 0. The number of fused-ring (bicyclic) bond motifs is 1. The highest BCUT2D eigenvalue weighted by Crippen LogP contribution is 2.37.